The number of carbonyl (C=O) groups excluding carboxylic acids is 1. The monoisotopic (exact) mass is 593 g/mol. The van der Waals surface area contributed by atoms with Crippen LogP contribution >= 0.6 is 12.2 Å². The van der Waals surface area contributed by atoms with Crippen molar-refractivity contribution < 1.29 is 35.9 Å². The van der Waals surface area contributed by atoms with E-state index < -0.39 is 46.8 Å². The molecule has 0 aliphatic carbocycles. The molecule has 1 amide bonds. The average Bonchev–Trinajstić information content (AvgIpc) is 2.87. The molecule has 2 aliphatic rings. The highest BCUT2D eigenvalue weighted by Gasteiger charge is 2.41. The fraction of sp³-hybridized carbons (Fsp3) is 0.522. The number of likely N-dealkylation sites (N-methyl/N-ethyl adjacent to an activating group) is 1. The highest BCUT2D eigenvalue weighted by molar-refractivity contribution is 7.80. The number of aromatic nitrogens is 3. The minimum absolute atomic E-state index is 0.00776. The van der Waals surface area contributed by atoms with Gasteiger partial charge in [0, 0.05) is 38.9 Å². The molecule has 1 fully saturated rings. The highest BCUT2D eigenvalue weighted by Crippen LogP contribution is 2.39. The first kappa shape index (κ1) is 29.5. The average molecular weight is 594 g/mol. The van der Waals surface area contributed by atoms with E-state index in [4.69, 9.17) is 17.0 Å². The van der Waals surface area contributed by atoms with Crippen molar-refractivity contribution in [3.8, 4) is 0 Å². The van der Waals surface area contributed by atoms with Gasteiger partial charge in [0.05, 0.1) is 48.8 Å². The van der Waals surface area contributed by atoms with Crippen LogP contribution in [0.3, 0.4) is 0 Å². The Bertz CT molecular complexity index is 1340. The molecular weight excluding hydrogens is 568 g/mol. The molecule has 4 heterocycles. The molecule has 2 aromatic heterocycles. The van der Waals surface area contributed by atoms with Crippen LogP contribution in [0.2, 0.25) is 0 Å². The summed E-state index contributed by atoms with van der Waals surface area (Å²) in [4.78, 5) is 33.7. The summed E-state index contributed by atoms with van der Waals surface area (Å²) in [5.74, 6) is 0.116. The number of carbonyl (C=O) groups is 1. The van der Waals surface area contributed by atoms with E-state index in [-0.39, 0.29) is 44.3 Å². The lowest BCUT2D eigenvalue weighted by molar-refractivity contribution is -0.138. The molecule has 0 radical (unpaired) electrons. The second-order valence-electron chi connectivity index (χ2n) is 9.37. The number of rotatable bonds is 7. The number of piperazine rings is 1. The number of ether oxygens (including phenoxy) is 1. The highest BCUT2D eigenvalue weighted by atomic mass is 32.1. The largest absolute Gasteiger partial charge is 0.423 e. The van der Waals surface area contributed by atoms with Crippen LogP contribution in [0.5, 0.6) is 0 Å². The van der Waals surface area contributed by atoms with Crippen molar-refractivity contribution in [2.45, 2.75) is 37.8 Å². The Balaban J connectivity index is 1.30. The summed E-state index contributed by atoms with van der Waals surface area (Å²) >= 11 is 5.52. The lowest BCUT2D eigenvalue weighted by Crippen LogP contribution is -2.62. The van der Waals surface area contributed by atoms with Crippen molar-refractivity contribution in [2.75, 3.05) is 55.0 Å². The number of H-pyrrole nitrogens is 1. The molecule has 40 heavy (non-hydrogen) atoms. The molecule has 17 heteroatoms. The van der Waals surface area contributed by atoms with Gasteiger partial charge in [0.15, 0.2) is 5.82 Å². The maximum Gasteiger partial charge on any atom is 0.423 e. The standard InChI is InChI=1S/C23H25F6N7O3S/c1-12(32-14-9-31-33-20(38)18(14)23(27,28)29)11-39-6-3-17(37)35-4-5-36-16(10-35)21(40)34(2)15-7-13(22(24,25)26)8-30-19(15)36/h7-9,12,16H,3-6,10-11H2,1-2H3,(H2,32,33,38)/t12-,16-/m0/s1. The zero-order valence-corrected chi connectivity index (χ0v) is 22.1. The number of hydrogen-bond donors (Lipinski definition) is 2. The van der Waals surface area contributed by atoms with E-state index in [1.54, 1.807) is 28.9 Å². The van der Waals surface area contributed by atoms with Crippen LogP contribution in [0.1, 0.15) is 24.5 Å². The third kappa shape index (κ3) is 6.14. The number of aromatic amines is 1. The molecule has 2 atom stereocenters. The Morgan fingerprint density at radius 1 is 1.23 bits per heavy atom. The Morgan fingerprint density at radius 2 is 1.95 bits per heavy atom. The number of pyridine rings is 1. The van der Waals surface area contributed by atoms with Gasteiger partial charge in [0.2, 0.25) is 5.91 Å². The minimum atomic E-state index is -4.88. The van der Waals surface area contributed by atoms with E-state index in [1.165, 1.54) is 4.90 Å². The number of alkyl halides is 6. The van der Waals surface area contributed by atoms with Crippen molar-refractivity contribution in [2.24, 2.45) is 0 Å². The zero-order chi connectivity index (χ0) is 29.4. The zero-order valence-electron chi connectivity index (χ0n) is 21.3. The first-order chi connectivity index (χ1) is 18.7. The normalized spacial score (nSPS) is 18.4. The van der Waals surface area contributed by atoms with E-state index in [1.807, 2.05) is 0 Å². The van der Waals surface area contributed by atoms with E-state index in [0.717, 1.165) is 18.5 Å². The van der Waals surface area contributed by atoms with Crippen molar-refractivity contribution in [3.05, 3.63) is 39.9 Å². The number of nitrogens with zero attached hydrogens (tertiary/aromatic N) is 5. The lowest BCUT2D eigenvalue weighted by atomic mass is 10.1. The summed E-state index contributed by atoms with van der Waals surface area (Å²) in [6.07, 6.45) is -7.80. The number of fused-ring (bicyclic) bond motifs is 3. The SMILES string of the molecule is C[C@@H](COCCC(=O)N1CCN2c3ncc(C(F)(F)F)cc3N(C)C(=S)[C@@H]2C1)Nc1cn[nH]c(=O)c1C(F)(F)F. The van der Waals surface area contributed by atoms with Gasteiger partial charge in [-0.1, -0.05) is 12.2 Å². The second kappa shape index (κ2) is 11.2. The first-order valence-corrected chi connectivity index (χ1v) is 12.5. The molecule has 0 aromatic carbocycles. The second-order valence-corrected chi connectivity index (χ2v) is 9.78. The first-order valence-electron chi connectivity index (χ1n) is 12.1. The lowest BCUT2D eigenvalue weighted by Gasteiger charge is -2.48. The van der Waals surface area contributed by atoms with Crippen LogP contribution in [-0.2, 0) is 21.9 Å². The summed E-state index contributed by atoms with van der Waals surface area (Å²) < 4.78 is 84.6. The van der Waals surface area contributed by atoms with Crippen LogP contribution in [0.4, 0.5) is 43.5 Å². The molecule has 2 N–H and O–H groups in total. The van der Waals surface area contributed by atoms with Crippen molar-refractivity contribution in [1.82, 2.24) is 20.1 Å². The van der Waals surface area contributed by atoms with E-state index in [9.17, 15) is 35.9 Å². The molecule has 0 saturated carbocycles. The number of halogens is 6. The quantitative estimate of drug-likeness (QED) is 0.285. The topological polar surface area (TPSA) is 107 Å². The maximum absolute atomic E-state index is 13.2. The molecule has 0 bridgehead atoms. The van der Waals surface area contributed by atoms with Gasteiger partial charge in [-0.25, -0.2) is 10.1 Å². The van der Waals surface area contributed by atoms with Gasteiger partial charge in [0.1, 0.15) is 10.6 Å². The predicted octanol–water partition coefficient (Wildman–Crippen LogP) is 2.90. The molecular formula is C23H25F6N7O3S. The number of hydrogen-bond acceptors (Lipinski definition) is 8. The molecule has 218 valence electrons. The Hall–Kier alpha value is -3.47. The van der Waals surface area contributed by atoms with Crippen LogP contribution in [-0.4, -0.2) is 83.0 Å². The smallest absolute Gasteiger partial charge is 0.379 e. The minimum Gasteiger partial charge on any atom is -0.379 e. The Kier molecular flexibility index (Phi) is 8.26. The summed E-state index contributed by atoms with van der Waals surface area (Å²) in [6.45, 7) is 2.29. The molecule has 10 nitrogen and oxygen atoms in total. The summed E-state index contributed by atoms with van der Waals surface area (Å²) in [6, 6.07) is -0.0831. The third-order valence-electron chi connectivity index (χ3n) is 6.53. The molecule has 1 saturated heterocycles. The van der Waals surface area contributed by atoms with Gasteiger partial charge >= 0.3 is 12.4 Å². The van der Waals surface area contributed by atoms with Crippen molar-refractivity contribution in [1.29, 1.82) is 0 Å². The molecule has 0 spiro atoms. The van der Waals surface area contributed by atoms with Gasteiger partial charge in [-0.3, -0.25) is 9.59 Å². The fourth-order valence-electron chi connectivity index (χ4n) is 4.56. The predicted molar refractivity (Wildman–Crippen MR) is 136 cm³/mol. The van der Waals surface area contributed by atoms with E-state index in [2.05, 4.69) is 15.4 Å². The summed E-state index contributed by atoms with van der Waals surface area (Å²) in [7, 11) is 1.56. The van der Waals surface area contributed by atoms with E-state index >= 15 is 0 Å². The van der Waals surface area contributed by atoms with Gasteiger partial charge in [-0.05, 0) is 13.0 Å². The van der Waals surface area contributed by atoms with Gasteiger partial charge in [0.25, 0.3) is 5.56 Å². The van der Waals surface area contributed by atoms with Crippen LogP contribution in [0.25, 0.3) is 0 Å². The van der Waals surface area contributed by atoms with Crippen molar-refractivity contribution >= 4 is 40.3 Å². The van der Waals surface area contributed by atoms with Gasteiger partial charge < -0.3 is 24.8 Å². The van der Waals surface area contributed by atoms with Crippen molar-refractivity contribution in [3.63, 3.8) is 0 Å². The Morgan fingerprint density at radius 3 is 2.62 bits per heavy atom. The van der Waals surface area contributed by atoms with Crippen LogP contribution in [0.15, 0.2) is 23.3 Å². The van der Waals surface area contributed by atoms with E-state index in [0.29, 0.717) is 17.4 Å². The molecule has 0 unspecified atom stereocenters. The molecule has 4 rings (SSSR count). The van der Waals surface area contributed by atoms with Crippen LogP contribution in [0, 0.1) is 0 Å². The van der Waals surface area contributed by atoms with Gasteiger partial charge in [-0.2, -0.15) is 31.4 Å². The Labute approximate surface area is 229 Å². The summed E-state index contributed by atoms with van der Waals surface area (Å²) in [5, 5.41) is 7.70. The summed E-state index contributed by atoms with van der Waals surface area (Å²) in [5.41, 5.74) is -3.89. The van der Waals surface area contributed by atoms with Gasteiger partial charge in [-0.15, -0.1) is 0 Å². The number of thiocarbonyl (C=S) groups is 1. The number of amides is 1. The molecule has 2 aliphatic heterocycles. The van der Waals surface area contributed by atoms with Crippen LogP contribution < -0.4 is 20.7 Å². The number of anilines is 3. The molecule has 2 aromatic rings. The number of nitrogens with one attached hydrogen (secondary N) is 2. The maximum atomic E-state index is 13.2. The third-order valence-corrected chi connectivity index (χ3v) is 7.07. The fourth-order valence-corrected chi connectivity index (χ4v) is 4.86.